The second-order valence-corrected chi connectivity index (χ2v) is 3.70. The van der Waals surface area contributed by atoms with Crippen molar-refractivity contribution in [2.45, 2.75) is 0 Å². The van der Waals surface area contributed by atoms with Crippen molar-refractivity contribution in [2.75, 3.05) is 0 Å². The predicted octanol–water partition coefficient (Wildman–Crippen LogP) is 0.604. The Morgan fingerprint density at radius 1 is 1.14 bits per heavy atom. The van der Waals surface area contributed by atoms with E-state index in [4.69, 9.17) is 5.73 Å². The molecule has 74 valence electrons. The number of hydrogen-bond acceptors (Lipinski definition) is 2. The Labute approximate surface area is 94.2 Å². The molecular weight excluding hydrogens is 297 g/mol. The lowest BCUT2D eigenvalue weighted by atomic mass is 10.2. The third kappa shape index (κ3) is 3.21. The van der Waals surface area contributed by atoms with Gasteiger partial charge < -0.3 is 5.73 Å². The molecule has 1 aromatic carbocycles. The number of urea groups is 1. The van der Waals surface area contributed by atoms with Gasteiger partial charge in [-0.2, -0.15) is 0 Å². The van der Waals surface area contributed by atoms with E-state index < -0.39 is 11.9 Å². The molecule has 1 aromatic rings. The molecule has 0 aliphatic rings. The molecule has 0 bridgehead atoms. The highest BCUT2D eigenvalue weighted by molar-refractivity contribution is 14.1. The average molecular weight is 305 g/mol. The standard InChI is InChI=1S/C8H8IN3O2/c9-6-3-1-5(2-4-6)7(13)11-12-8(10)14/h1-4H,(H,11,13)(H3,10,12,14). The number of carbonyl (C=O) groups excluding carboxylic acids is 2. The molecule has 3 amide bonds. The molecular formula is C8H8IN3O2. The van der Waals surface area contributed by atoms with Crippen LogP contribution < -0.4 is 16.6 Å². The number of hydrogen-bond donors (Lipinski definition) is 3. The van der Waals surface area contributed by atoms with E-state index in [9.17, 15) is 9.59 Å². The lowest BCUT2D eigenvalue weighted by molar-refractivity contribution is 0.0937. The zero-order valence-corrected chi connectivity index (χ0v) is 9.24. The molecule has 0 fully saturated rings. The predicted molar refractivity (Wildman–Crippen MR) is 59.3 cm³/mol. The van der Waals surface area contributed by atoms with Gasteiger partial charge in [-0.1, -0.05) is 0 Å². The van der Waals surface area contributed by atoms with Crippen LogP contribution in [0.5, 0.6) is 0 Å². The fraction of sp³-hybridized carbons (Fsp3) is 0. The topological polar surface area (TPSA) is 84.2 Å². The first kappa shape index (κ1) is 10.8. The van der Waals surface area contributed by atoms with E-state index >= 15 is 0 Å². The third-order valence-corrected chi connectivity index (χ3v) is 2.12. The van der Waals surface area contributed by atoms with Crippen molar-refractivity contribution in [1.29, 1.82) is 0 Å². The number of benzene rings is 1. The fourth-order valence-electron chi connectivity index (χ4n) is 0.792. The number of amides is 3. The van der Waals surface area contributed by atoms with Crippen molar-refractivity contribution < 1.29 is 9.59 Å². The van der Waals surface area contributed by atoms with Crippen LogP contribution in [0.4, 0.5) is 4.79 Å². The minimum atomic E-state index is -0.802. The number of nitrogens with one attached hydrogen (secondary N) is 2. The van der Waals surface area contributed by atoms with Crippen molar-refractivity contribution in [3.05, 3.63) is 33.4 Å². The molecule has 0 saturated heterocycles. The number of nitrogens with two attached hydrogens (primary N) is 1. The van der Waals surface area contributed by atoms with E-state index in [1.54, 1.807) is 24.3 Å². The highest BCUT2D eigenvalue weighted by Gasteiger charge is 2.04. The Morgan fingerprint density at radius 3 is 2.21 bits per heavy atom. The van der Waals surface area contributed by atoms with Crippen LogP contribution in [0.2, 0.25) is 0 Å². The molecule has 0 aliphatic heterocycles. The summed E-state index contributed by atoms with van der Waals surface area (Å²) in [6, 6.07) is 6.09. The van der Waals surface area contributed by atoms with E-state index in [0.29, 0.717) is 5.56 Å². The SMILES string of the molecule is NC(=O)NNC(=O)c1ccc(I)cc1. The Bertz CT molecular complexity index is 350. The van der Waals surface area contributed by atoms with E-state index in [2.05, 4.69) is 28.0 Å². The van der Waals surface area contributed by atoms with Gasteiger partial charge in [0.25, 0.3) is 5.91 Å². The highest BCUT2D eigenvalue weighted by Crippen LogP contribution is 2.06. The van der Waals surface area contributed by atoms with Gasteiger partial charge in [0.2, 0.25) is 0 Å². The summed E-state index contributed by atoms with van der Waals surface area (Å²) < 4.78 is 1.03. The first-order chi connectivity index (χ1) is 6.59. The molecule has 6 heteroatoms. The number of rotatable bonds is 1. The van der Waals surface area contributed by atoms with E-state index in [1.165, 1.54) is 0 Å². The lowest BCUT2D eigenvalue weighted by Crippen LogP contribution is -2.44. The maximum Gasteiger partial charge on any atom is 0.330 e. The zero-order chi connectivity index (χ0) is 10.6. The summed E-state index contributed by atoms with van der Waals surface area (Å²) in [5.41, 5.74) is 9.38. The quantitative estimate of drug-likeness (QED) is 0.524. The van der Waals surface area contributed by atoms with Gasteiger partial charge in [-0.05, 0) is 46.9 Å². The fourth-order valence-corrected chi connectivity index (χ4v) is 1.15. The Morgan fingerprint density at radius 2 is 1.71 bits per heavy atom. The molecule has 0 radical (unpaired) electrons. The number of halogens is 1. The minimum absolute atomic E-state index is 0.403. The van der Waals surface area contributed by atoms with Crippen LogP contribution in [0.25, 0.3) is 0 Å². The largest absolute Gasteiger partial charge is 0.350 e. The van der Waals surface area contributed by atoms with Crippen molar-refractivity contribution in [2.24, 2.45) is 5.73 Å². The van der Waals surface area contributed by atoms with E-state index in [0.717, 1.165) is 3.57 Å². The normalized spacial score (nSPS) is 9.21. The van der Waals surface area contributed by atoms with Gasteiger partial charge in [0.1, 0.15) is 0 Å². The van der Waals surface area contributed by atoms with Gasteiger partial charge in [-0.15, -0.1) is 0 Å². The molecule has 1 rings (SSSR count). The van der Waals surface area contributed by atoms with Crippen LogP contribution in [-0.4, -0.2) is 11.9 Å². The lowest BCUT2D eigenvalue weighted by Gasteiger charge is -2.04. The zero-order valence-electron chi connectivity index (χ0n) is 7.08. The Kier molecular flexibility index (Phi) is 3.69. The van der Waals surface area contributed by atoms with Crippen LogP contribution in [0.1, 0.15) is 10.4 Å². The van der Waals surface area contributed by atoms with Gasteiger partial charge >= 0.3 is 6.03 Å². The summed E-state index contributed by atoms with van der Waals surface area (Å²) >= 11 is 2.13. The van der Waals surface area contributed by atoms with Gasteiger partial charge in [-0.3, -0.25) is 10.2 Å². The Balaban J connectivity index is 2.61. The van der Waals surface area contributed by atoms with Gasteiger partial charge in [0.05, 0.1) is 0 Å². The van der Waals surface area contributed by atoms with Crippen molar-refractivity contribution in [3.8, 4) is 0 Å². The maximum atomic E-state index is 11.3. The summed E-state index contributed by atoms with van der Waals surface area (Å²) in [5, 5.41) is 0. The summed E-state index contributed by atoms with van der Waals surface area (Å²) in [6.07, 6.45) is 0. The van der Waals surface area contributed by atoms with Crippen LogP contribution in [0.3, 0.4) is 0 Å². The van der Waals surface area contributed by atoms with Gasteiger partial charge in [0, 0.05) is 9.13 Å². The molecule has 0 spiro atoms. The second kappa shape index (κ2) is 4.80. The maximum absolute atomic E-state index is 11.3. The van der Waals surface area contributed by atoms with Crippen LogP contribution in [0.15, 0.2) is 24.3 Å². The van der Waals surface area contributed by atoms with Crippen LogP contribution in [0, 0.1) is 3.57 Å². The summed E-state index contributed by atoms with van der Waals surface area (Å²) in [4.78, 5) is 21.6. The Hall–Kier alpha value is -1.31. The number of primary amides is 1. The summed E-state index contributed by atoms with van der Waals surface area (Å²) in [7, 11) is 0. The van der Waals surface area contributed by atoms with Crippen molar-refractivity contribution >= 4 is 34.5 Å². The van der Waals surface area contributed by atoms with Gasteiger partial charge in [0.15, 0.2) is 0 Å². The first-order valence-corrected chi connectivity index (χ1v) is 4.79. The van der Waals surface area contributed by atoms with Crippen LogP contribution in [-0.2, 0) is 0 Å². The highest BCUT2D eigenvalue weighted by atomic mass is 127. The molecule has 0 unspecified atom stereocenters. The van der Waals surface area contributed by atoms with E-state index in [-0.39, 0.29) is 0 Å². The molecule has 0 aliphatic carbocycles. The molecule has 0 aromatic heterocycles. The van der Waals surface area contributed by atoms with Crippen LogP contribution >= 0.6 is 22.6 Å². The molecule has 5 nitrogen and oxygen atoms in total. The first-order valence-electron chi connectivity index (χ1n) is 3.71. The minimum Gasteiger partial charge on any atom is -0.350 e. The second-order valence-electron chi connectivity index (χ2n) is 2.45. The molecule has 4 N–H and O–H groups in total. The molecule has 0 heterocycles. The smallest absolute Gasteiger partial charge is 0.330 e. The van der Waals surface area contributed by atoms with Crippen molar-refractivity contribution in [3.63, 3.8) is 0 Å². The summed E-state index contributed by atoms with van der Waals surface area (Å²) in [6.45, 7) is 0. The summed E-state index contributed by atoms with van der Waals surface area (Å²) in [5.74, 6) is -0.403. The van der Waals surface area contributed by atoms with Crippen molar-refractivity contribution in [1.82, 2.24) is 10.9 Å². The molecule has 0 atom stereocenters. The average Bonchev–Trinajstić information content (AvgIpc) is 2.15. The van der Waals surface area contributed by atoms with Gasteiger partial charge in [-0.25, -0.2) is 10.2 Å². The van der Waals surface area contributed by atoms with E-state index in [1.807, 2.05) is 5.43 Å². The molecule has 0 saturated carbocycles. The number of hydrazine groups is 1. The molecule has 14 heavy (non-hydrogen) atoms. The third-order valence-electron chi connectivity index (χ3n) is 1.41. The monoisotopic (exact) mass is 305 g/mol. The number of carbonyl (C=O) groups is 2.